The van der Waals surface area contributed by atoms with Crippen LogP contribution in [0, 0.1) is 5.41 Å². The maximum absolute atomic E-state index is 11.6. The van der Waals surface area contributed by atoms with Crippen LogP contribution >= 0.6 is 27.5 Å². The van der Waals surface area contributed by atoms with Crippen LogP contribution in [-0.4, -0.2) is 16.2 Å². The summed E-state index contributed by atoms with van der Waals surface area (Å²) in [5.41, 5.74) is 1.33. The smallest absolute Gasteiger partial charge is 0.336 e. The van der Waals surface area contributed by atoms with Crippen LogP contribution in [0.1, 0.15) is 47.5 Å². The number of aliphatic hydroxyl groups is 1. The molecule has 0 aromatic heterocycles. The summed E-state index contributed by atoms with van der Waals surface area (Å²) in [7, 11) is 0. The highest BCUT2D eigenvalue weighted by atomic mass is 79.9. The molecule has 2 unspecified atom stereocenters. The molecule has 2 atom stereocenters. The lowest BCUT2D eigenvalue weighted by atomic mass is 9.70. The third-order valence-electron chi connectivity index (χ3n) is 4.58. The average molecular weight is 411 g/mol. The van der Waals surface area contributed by atoms with Crippen molar-refractivity contribution in [1.82, 2.24) is 0 Å². The van der Waals surface area contributed by atoms with Crippen LogP contribution in [0.2, 0.25) is 5.02 Å². The number of fused-ring (bicyclic) bond motifs is 1. The molecule has 0 fully saturated rings. The van der Waals surface area contributed by atoms with Gasteiger partial charge in [-0.1, -0.05) is 53.5 Å². The maximum Gasteiger partial charge on any atom is 0.336 e. The molecule has 3 N–H and O–H groups in total. The van der Waals surface area contributed by atoms with Crippen LogP contribution in [0.15, 0.2) is 40.9 Å². The van der Waals surface area contributed by atoms with Crippen LogP contribution in [0.5, 0.6) is 0 Å². The third kappa shape index (κ3) is 2.81. The van der Waals surface area contributed by atoms with Crippen LogP contribution in [0.3, 0.4) is 0 Å². The van der Waals surface area contributed by atoms with Gasteiger partial charge in [0.25, 0.3) is 0 Å². The summed E-state index contributed by atoms with van der Waals surface area (Å²) in [5, 5.41) is 24.1. The molecule has 4 nitrogen and oxygen atoms in total. The number of rotatable bonds is 2. The highest BCUT2D eigenvalue weighted by molar-refractivity contribution is 9.10. The van der Waals surface area contributed by atoms with Gasteiger partial charge in [0.2, 0.25) is 0 Å². The predicted molar refractivity (Wildman–Crippen MR) is 97.7 cm³/mol. The minimum absolute atomic E-state index is 0.0262. The second-order valence-electron chi connectivity index (χ2n) is 6.58. The predicted octanol–water partition coefficient (Wildman–Crippen LogP) is 5.03. The number of halogens is 2. The number of anilines is 1. The molecule has 6 heteroatoms. The lowest BCUT2D eigenvalue weighted by Gasteiger charge is -2.45. The Morgan fingerprint density at radius 2 is 2.00 bits per heavy atom. The van der Waals surface area contributed by atoms with Gasteiger partial charge in [-0.05, 0) is 29.8 Å². The van der Waals surface area contributed by atoms with Crippen molar-refractivity contribution in [2.45, 2.75) is 26.0 Å². The summed E-state index contributed by atoms with van der Waals surface area (Å²) >= 11 is 9.54. The molecule has 2 aromatic carbocycles. The van der Waals surface area contributed by atoms with E-state index in [2.05, 4.69) is 21.2 Å². The number of carboxylic acid groups (broad SMARTS) is 1. The fourth-order valence-corrected chi connectivity index (χ4v) is 3.91. The van der Waals surface area contributed by atoms with Gasteiger partial charge in [0.05, 0.1) is 17.7 Å². The molecule has 0 spiro atoms. The summed E-state index contributed by atoms with van der Waals surface area (Å²) in [5.74, 6) is -1.11. The number of benzene rings is 2. The number of aliphatic hydroxyl groups excluding tert-OH is 1. The summed E-state index contributed by atoms with van der Waals surface area (Å²) in [6.45, 7) is 3.83. The van der Waals surface area contributed by atoms with E-state index in [1.54, 1.807) is 6.07 Å². The Bertz CT molecular complexity index is 822. The molecule has 126 valence electrons. The molecule has 0 saturated carbocycles. The molecular formula is C18H17BrClNO3. The molecule has 1 heterocycles. The SMILES string of the molecule is CC1(C)C(O)c2c(cc(Cl)cc2C(=O)O)NC1c1cccc(Br)c1. The number of carboxylic acids is 1. The Balaban J connectivity index is 2.18. The highest BCUT2D eigenvalue weighted by Gasteiger charge is 2.45. The van der Waals surface area contributed by atoms with E-state index in [0.717, 1.165) is 10.0 Å². The van der Waals surface area contributed by atoms with Crippen molar-refractivity contribution in [2.75, 3.05) is 5.32 Å². The van der Waals surface area contributed by atoms with Gasteiger partial charge in [0.1, 0.15) is 0 Å². The number of hydrogen-bond acceptors (Lipinski definition) is 3. The van der Waals surface area contributed by atoms with Gasteiger partial charge in [-0.2, -0.15) is 0 Å². The standard InChI is InChI=1S/C18H17BrClNO3/c1-18(2)15(9-4-3-5-10(19)6-9)21-13-8-11(20)7-12(17(23)24)14(13)16(18)22/h3-8,15-16,21-22H,1-2H3,(H,23,24). The third-order valence-corrected chi connectivity index (χ3v) is 5.29. The van der Waals surface area contributed by atoms with Crippen molar-refractivity contribution < 1.29 is 15.0 Å². The number of nitrogens with one attached hydrogen (secondary N) is 1. The minimum Gasteiger partial charge on any atom is -0.478 e. The zero-order valence-corrected chi connectivity index (χ0v) is 15.5. The van der Waals surface area contributed by atoms with E-state index in [0.29, 0.717) is 16.3 Å². The van der Waals surface area contributed by atoms with E-state index in [9.17, 15) is 15.0 Å². The quantitative estimate of drug-likeness (QED) is 0.649. The van der Waals surface area contributed by atoms with Crippen LogP contribution in [0.4, 0.5) is 5.69 Å². The van der Waals surface area contributed by atoms with Gasteiger partial charge >= 0.3 is 5.97 Å². The number of carbonyl (C=O) groups is 1. The van der Waals surface area contributed by atoms with E-state index in [1.807, 2.05) is 38.1 Å². The lowest BCUT2D eigenvalue weighted by Crippen LogP contribution is -2.39. The molecule has 1 aliphatic heterocycles. The van der Waals surface area contributed by atoms with Crippen molar-refractivity contribution in [3.8, 4) is 0 Å². The van der Waals surface area contributed by atoms with Crippen molar-refractivity contribution >= 4 is 39.2 Å². The van der Waals surface area contributed by atoms with Gasteiger partial charge in [-0.25, -0.2) is 4.79 Å². The zero-order chi connectivity index (χ0) is 17.6. The summed E-state index contributed by atoms with van der Waals surface area (Å²) < 4.78 is 0.940. The first kappa shape index (κ1) is 17.3. The van der Waals surface area contributed by atoms with E-state index in [4.69, 9.17) is 11.6 Å². The van der Waals surface area contributed by atoms with Gasteiger partial charge in [0, 0.05) is 26.2 Å². The Morgan fingerprint density at radius 1 is 1.29 bits per heavy atom. The molecule has 0 radical (unpaired) electrons. The summed E-state index contributed by atoms with van der Waals surface area (Å²) in [6.07, 6.45) is -0.943. The molecule has 2 aromatic rings. The molecule has 0 aliphatic carbocycles. The normalized spacial score (nSPS) is 21.7. The summed E-state index contributed by atoms with van der Waals surface area (Å²) in [4.78, 5) is 11.6. The van der Waals surface area contributed by atoms with E-state index in [-0.39, 0.29) is 11.6 Å². The van der Waals surface area contributed by atoms with Crippen molar-refractivity contribution in [1.29, 1.82) is 0 Å². The Kier molecular flexibility index (Phi) is 4.36. The number of aromatic carboxylic acids is 1. The fourth-order valence-electron chi connectivity index (χ4n) is 3.28. The van der Waals surface area contributed by atoms with E-state index >= 15 is 0 Å². The van der Waals surface area contributed by atoms with E-state index in [1.165, 1.54) is 6.07 Å². The molecule has 24 heavy (non-hydrogen) atoms. The molecule has 0 bridgehead atoms. The van der Waals surface area contributed by atoms with E-state index < -0.39 is 17.5 Å². The van der Waals surface area contributed by atoms with Crippen molar-refractivity contribution in [3.05, 3.63) is 62.6 Å². The first-order chi connectivity index (χ1) is 11.2. The van der Waals surface area contributed by atoms with Crippen LogP contribution in [-0.2, 0) is 0 Å². The molecule has 3 rings (SSSR count). The monoisotopic (exact) mass is 409 g/mol. The maximum atomic E-state index is 11.6. The van der Waals surface area contributed by atoms with Gasteiger partial charge in [-0.15, -0.1) is 0 Å². The Morgan fingerprint density at radius 3 is 2.62 bits per heavy atom. The first-order valence-electron chi connectivity index (χ1n) is 7.48. The van der Waals surface area contributed by atoms with Crippen LogP contribution < -0.4 is 5.32 Å². The lowest BCUT2D eigenvalue weighted by molar-refractivity contribution is 0.0272. The number of hydrogen-bond donors (Lipinski definition) is 3. The average Bonchev–Trinajstić information content (AvgIpc) is 2.50. The topological polar surface area (TPSA) is 69.6 Å². The van der Waals surface area contributed by atoms with Crippen LogP contribution in [0.25, 0.3) is 0 Å². The van der Waals surface area contributed by atoms with Crippen molar-refractivity contribution in [2.24, 2.45) is 5.41 Å². The fraction of sp³-hybridized carbons (Fsp3) is 0.278. The second-order valence-corrected chi connectivity index (χ2v) is 7.93. The highest BCUT2D eigenvalue weighted by Crippen LogP contribution is 2.52. The van der Waals surface area contributed by atoms with Gasteiger partial charge in [-0.3, -0.25) is 0 Å². The molecule has 0 amide bonds. The van der Waals surface area contributed by atoms with Gasteiger partial charge < -0.3 is 15.5 Å². The largest absolute Gasteiger partial charge is 0.478 e. The molecule has 0 saturated heterocycles. The Labute approximate surface area is 153 Å². The second kappa shape index (κ2) is 6.06. The summed E-state index contributed by atoms with van der Waals surface area (Å²) in [6, 6.07) is 10.7. The minimum atomic E-state index is -1.11. The molecular weight excluding hydrogens is 394 g/mol. The molecule has 1 aliphatic rings. The first-order valence-corrected chi connectivity index (χ1v) is 8.65. The van der Waals surface area contributed by atoms with Gasteiger partial charge in [0.15, 0.2) is 0 Å². The zero-order valence-electron chi connectivity index (χ0n) is 13.2. The Hall–Kier alpha value is -1.56. The van der Waals surface area contributed by atoms with Crippen molar-refractivity contribution in [3.63, 3.8) is 0 Å².